The van der Waals surface area contributed by atoms with Crippen molar-refractivity contribution in [2.24, 2.45) is 94.7 Å². The minimum absolute atomic E-state index is 0.869. The van der Waals surface area contributed by atoms with Gasteiger partial charge in [0.05, 0.1) is 0 Å². The third-order valence-electron chi connectivity index (χ3n) is 28.4. The second-order valence-electron chi connectivity index (χ2n) is 39.6. The van der Waals surface area contributed by atoms with E-state index in [4.69, 9.17) is 0 Å². The van der Waals surface area contributed by atoms with Crippen LogP contribution in [0.5, 0.6) is 0 Å². The number of unbranched alkanes of at least 4 members (excludes halogenated alkanes) is 21. The minimum atomic E-state index is 0.869. The van der Waals surface area contributed by atoms with Crippen LogP contribution < -0.4 is 0 Å². The molecule has 0 bridgehead atoms. The molecule has 0 radical (unpaired) electrons. The summed E-state index contributed by atoms with van der Waals surface area (Å²) < 4.78 is 0. The molecule has 0 heteroatoms. The Bertz CT molecular complexity index is 2690. The molecule has 8 rings (SSSR count). The first kappa shape index (κ1) is 118. The largest absolute Gasteiger partial charge is 0.0914 e. The highest BCUT2D eigenvalue weighted by molar-refractivity contribution is 5.03. The Morgan fingerprint density at radius 3 is 0.427 bits per heavy atom. The van der Waals surface area contributed by atoms with Crippen molar-refractivity contribution in [2.75, 3.05) is 0 Å². The molecule has 124 heavy (non-hydrogen) atoms. The van der Waals surface area contributed by atoms with Crippen molar-refractivity contribution in [3.8, 4) is 0 Å². The van der Waals surface area contributed by atoms with E-state index in [9.17, 15) is 0 Å². The van der Waals surface area contributed by atoms with Crippen molar-refractivity contribution in [3.63, 3.8) is 0 Å². The lowest BCUT2D eigenvalue weighted by Crippen LogP contribution is -2.11. The summed E-state index contributed by atoms with van der Waals surface area (Å²) in [6.07, 6.45) is 158. The Morgan fingerprint density at radius 1 is 0.129 bits per heavy atom. The first-order valence-electron chi connectivity index (χ1n) is 55.2. The summed E-state index contributed by atoms with van der Waals surface area (Å²) in [4.78, 5) is 0. The fourth-order valence-corrected chi connectivity index (χ4v) is 20.3. The molecule has 0 atom stereocenters. The Labute approximate surface area is 780 Å². The molecule has 0 aromatic carbocycles. The van der Waals surface area contributed by atoms with Gasteiger partial charge in [-0.1, -0.05) is 352 Å². The Hall–Kier alpha value is -4.16. The van der Waals surface area contributed by atoms with E-state index in [1.165, 1.54) is 385 Å². The fourth-order valence-electron chi connectivity index (χ4n) is 20.3. The van der Waals surface area contributed by atoms with E-state index in [-0.39, 0.29) is 0 Å². The molecule has 0 spiro atoms. The van der Waals surface area contributed by atoms with E-state index >= 15 is 0 Å². The summed E-state index contributed by atoms with van der Waals surface area (Å²) in [5.41, 5.74) is 0. The highest BCUT2D eigenvalue weighted by atomic mass is 14.3. The van der Waals surface area contributed by atoms with E-state index in [2.05, 4.69) is 305 Å². The van der Waals surface area contributed by atoms with Crippen LogP contribution in [0.3, 0.4) is 0 Å². The normalized spacial score (nSPS) is 27.4. The summed E-state index contributed by atoms with van der Waals surface area (Å²) >= 11 is 0. The van der Waals surface area contributed by atoms with Gasteiger partial charge in [0.25, 0.3) is 0 Å². The molecule has 712 valence electrons. The zero-order chi connectivity index (χ0) is 90.3. The molecular weight excluding hydrogens is 1490 g/mol. The molecule has 8 fully saturated rings. The van der Waals surface area contributed by atoms with Gasteiger partial charge in [0, 0.05) is 0 Å². The molecule has 0 nitrogen and oxygen atoms in total. The Kier molecular flexibility index (Phi) is 85.0. The first-order valence-corrected chi connectivity index (χ1v) is 55.2. The van der Waals surface area contributed by atoms with Gasteiger partial charge >= 0.3 is 0 Å². The smallest absolute Gasteiger partial charge is 0.0233 e. The van der Waals surface area contributed by atoms with Gasteiger partial charge in [0.15, 0.2) is 0 Å². The molecular formula is C124H216. The zero-order valence-corrected chi connectivity index (χ0v) is 86.1. The maximum absolute atomic E-state index is 2.51. The summed E-state index contributed by atoms with van der Waals surface area (Å²) in [7, 11) is 0. The molecule has 0 saturated heterocycles. The van der Waals surface area contributed by atoms with E-state index in [1.807, 2.05) is 0 Å². The predicted molar refractivity (Wildman–Crippen MR) is 570 cm³/mol. The van der Waals surface area contributed by atoms with E-state index in [0.29, 0.717) is 0 Å². The van der Waals surface area contributed by atoms with Crippen molar-refractivity contribution >= 4 is 0 Å². The van der Waals surface area contributed by atoms with Crippen molar-refractivity contribution < 1.29 is 0 Å². The highest BCUT2D eigenvalue weighted by Crippen LogP contribution is 2.37. The molecule has 0 aromatic rings. The van der Waals surface area contributed by atoms with Crippen LogP contribution in [0.25, 0.3) is 0 Å². The number of rotatable bonds is 44. The van der Waals surface area contributed by atoms with Crippen molar-refractivity contribution in [1.82, 2.24) is 0 Å². The van der Waals surface area contributed by atoms with Gasteiger partial charge in [0.1, 0.15) is 0 Å². The average molecular weight is 1710 g/mol. The molecule has 0 aliphatic heterocycles. The predicted octanol–water partition coefficient (Wildman–Crippen LogP) is 42.5. The molecule has 0 unspecified atom stereocenters. The van der Waals surface area contributed by atoms with Crippen LogP contribution in [0.4, 0.5) is 0 Å². The monoisotopic (exact) mass is 1710 g/mol. The van der Waals surface area contributed by atoms with E-state index in [1.54, 1.807) is 0 Å². The third-order valence-corrected chi connectivity index (χ3v) is 28.4. The lowest BCUT2D eigenvalue weighted by molar-refractivity contribution is 0.356. The molecule has 8 saturated carbocycles. The zero-order valence-electron chi connectivity index (χ0n) is 86.1. The Morgan fingerprint density at radius 2 is 0.258 bits per heavy atom. The van der Waals surface area contributed by atoms with Crippen molar-refractivity contribution in [3.05, 3.63) is 194 Å². The number of allylic oxidation sites excluding steroid dienone is 32. The SMILES string of the molecule is C/C=C/C1CCC(/C=C/C)CC1.C/C=C/C1CCC(/C=C/CC)CC1.C/C=C/C1CCC(/C=C/CCC)CC1.C/C=C/C1CCC(/C=C/CCCC)CC1.C/C=C/C1CCC(/C=C/CCCCC)CC1.C/C=C/C1CCC(/C=C/CCCCCC)CC1.C/C=C/C1CCC(/C=C/CCCCCCC)CC1.C/C=C/C1CCC(/C=C/CCCCCCCC)CC1. The highest BCUT2D eigenvalue weighted by Gasteiger charge is 2.23. The van der Waals surface area contributed by atoms with E-state index < -0.39 is 0 Å². The van der Waals surface area contributed by atoms with Gasteiger partial charge in [-0.15, -0.1) is 0 Å². The van der Waals surface area contributed by atoms with Gasteiger partial charge < -0.3 is 0 Å². The maximum atomic E-state index is 2.51. The van der Waals surface area contributed by atoms with Gasteiger partial charge in [-0.05, 0) is 433 Å². The standard InChI is InChI=1S/C19H34.C18H32.C17H30.C16H28.C15H26.C14H24.C13H22.C12H20/c1-3-5-6-7-8-9-10-11-13-19-16-14-18(12-4-2)15-17-19;1-3-5-6-7-8-9-10-12-18-15-13-17(11-4-2)14-16-18;1-3-5-6-7-8-9-11-17-14-12-16(10-4-2)13-15-17;1-3-5-6-7-8-10-16-13-11-15(9-4-2)12-14-16;1-3-5-6-7-9-15-12-10-14(8-4-2)11-13-15;1-3-5-6-8-14-11-9-13(7-4-2)10-12-14;1-3-5-7-13-10-8-12(6-4-2)9-11-13;1-3-5-11-7-9-12(6-4-2)10-8-11/h4,11-13,18-19H,3,5-10,14-17H2,1-2H3;4,10-12,17-18H,3,5-9,13-16H2,1-2H3;4,9-11,16-17H,3,5-8,12-15H2,1-2H3;4,8-10,15-16H,3,5-7,11-14H2,1-2H3;4,7-9,14-15H,3,5-6,10-13H2,1-2H3;4,6-8,13-14H,3,5,9-12H2,1-2H3;4-7,12-13H,3,8-11H2,1-2H3;3-6,11-12H,7-10H2,1-2H3/b12-4+,13-11+;11-4+,12-10+;10-4+,11-9+;9-4+,10-8+;8-4+,9-7+;7-4+,8-6+;6-4+,7-5+;5-3+,6-4+. The second-order valence-corrected chi connectivity index (χ2v) is 39.6. The molecule has 0 amide bonds. The molecule has 8 aliphatic carbocycles. The summed E-state index contributed by atoms with van der Waals surface area (Å²) in [5, 5.41) is 0. The van der Waals surface area contributed by atoms with Gasteiger partial charge in [-0.3, -0.25) is 0 Å². The van der Waals surface area contributed by atoms with Crippen LogP contribution in [0.15, 0.2) is 194 Å². The van der Waals surface area contributed by atoms with Crippen LogP contribution in [-0.2, 0) is 0 Å². The Balaban J connectivity index is 0.000000711. The van der Waals surface area contributed by atoms with Crippen LogP contribution in [0, 0.1) is 94.7 Å². The van der Waals surface area contributed by atoms with Gasteiger partial charge in [0.2, 0.25) is 0 Å². The number of hydrogen-bond donors (Lipinski definition) is 0. The quantitative estimate of drug-likeness (QED) is 0.0421. The average Bonchev–Trinajstić information content (AvgIpc) is 0.981. The summed E-state index contributed by atoms with van der Waals surface area (Å²) in [6, 6.07) is 0. The molecule has 0 N–H and O–H groups in total. The minimum Gasteiger partial charge on any atom is -0.0914 e. The van der Waals surface area contributed by atoms with Gasteiger partial charge in [-0.2, -0.15) is 0 Å². The lowest BCUT2D eigenvalue weighted by atomic mass is 9.81. The van der Waals surface area contributed by atoms with Crippen molar-refractivity contribution in [2.45, 2.75) is 496 Å². The topological polar surface area (TPSA) is 0 Å². The number of hydrogen-bond acceptors (Lipinski definition) is 0. The molecule has 8 aliphatic rings. The molecule has 0 aromatic heterocycles. The summed E-state index contributed by atoms with van der Waals surface area (Å²) in [5.74, 6) is 14.0. The lowest BCUT2D eigenvalue weighted by Gasteiger charge is -2.24. The van der Waals surface area contributed by atoms with Crippen LogP contribution >= 0.6 is 0 Å². The third kappa shape index (κ3) is 69.8. The maximum Gasteiger partial charge on any atom is -0.0233 e. The van der Waals surface area contributed by atoms with E-state index in [0.717, 1.165) is 94.7 Å². The second kappa shape index (κ2) is 89.4. The fraction of sp³-hybridized carbons (Fsp3) is 0.742. The molecule has 0 heterocycles. The van der Waals surface area contributed by atoms with Crippen LogP contribution in [0.1, 0.15) is 496 Å². The van der Waals surface area contributed by atoms with Crippen LogP contribution in [-0.4, -0.2) is 0 Å². The van der Waals surface area contributed by atoms with Crippen LogP contribution in [0.2, 0.25) is 0 Å². The first-order chi connectivity index (χ1) is 60.9. The van der Waals surface area contributed by atoms with Gasteiger partial charge in [-0.25, -0.2) is 0 Å². The van der Waals surface area contributed by atoms with Crippen molar-refractivity contribution in [1.29, 1.82) is 0 Å². The summed E-state index contributed by atoms with van der Waals surface area (Å²) in [6.45, 7) is 35.0.